The summed E-state index contributed by atoms with van der Waals surface area (Å²) >= 11 is 0. The highest BCUT2D eigenvalue weighted by atomic mass is 16.6. The lowest BCUT2D eigenvalue weighted by molar-refractivity contribution is -0.386. The van der Waals surface area contributed by atoms with Gasteiger partial charge in [0.25, 0.3) is 0 Å². The van der Waals surface area contributed by atoms with Crippen molar-refractivity contribution < 1.29 is 14.8 Å². The molecule has 8 heteroatoms. The molecule has 126 valence electrons. The van der Waals surface area contributed by atoms with E-state index in [-0.39, 0.29) is 18.8 Å². The van der Waals surface area contributed by atoms with Crippen molar-refractivity contribution in [1.29, 1.82) is 5.26 Å². The molecule has 2 rings (SSSR count). The Morgan fingerprint density at radius 1 is 1.42 bits per heavy atom. The third-order valence-electron chi connectivity index (χ3n) is 3.56. The minimum atomic E-state index is -0.860. The fraction of sp³-hybridized carbons (Fsp3) is 0.375. The molecule has 8 nitrogen and oxygen atoms in total. The maximum Gasteiger partial charge on any atom is 0.312 e. The number of rotatable bonds is 7. The van der Waals surface area contributed by atoms with Crippen molar-refractivity contribution in [3.8, 4) is 11.8 Å². The Labute approximate surface area is 139 Å². The molecular formula is C16H18N4O4. The Balaban J connectivity index is 1.94. The van der Waals surface area contributed by atoms with Crippen molar-refractivity contribution in [2.75, 3.05) is 6.61 Å². The molecule has 24 heavy (non-hydrogen) atoms. The van der Waals surface area contributed by atoms with E-state index in [9.17, 15) is 15.2 Å². The SMILES string of the molecule is Cc1nn(CC(O)COc2ccc(CC#N)cc2)c(C)c1[N+](=O)[O-]. The average Bonchev–Trinajstić information content (AvgIpc) is 2.81. The minimum Gasteiger partial charge on any atom is -0.491 e. The zero-order valence-electron chi connectivity index (χ0n) is 13.5. The molecule has 2 aromatic rings. The van der Waals surface area contributed by atoms with Crippen molar-refractivity contribution >= 4 is 5.69 Å². The third kappa shape index (κ3) is 4.08. The Morgan fingerprint density at radius 3 is 2.62 bits per heavy atom. The number of hydrogen-bond donors (Lipinski definition) is 1. The van der Waals surface area contributed by atoms with Gasteiger partial charge in [0.2, 0.25) is 0 Å². The van der Waals surface area contributed by atoms with E-state index < -0.39 is 11.0 Å². The highest BCUT2D eigenvalue weighted by molar-refractivity contribution is 5.39. The van der Waals surface area contributed by atoms with E-state index in [0.717, 1.165) is 5.56 Å². The number of aryl methyl sites for hydroxylation is 1. The lowest BCUT2D eigenvalue weighted by atomic mass is 10.2. The Bertz CT molecular complexity index is 762. The summed E-state index contributed by atoms with van der Waals surface area (Å²) in [5.41, 5.74) is 1.58. The van der Waals surface area contributed by atoms with E-state index in [0.29, 0.717) is 23.6 Å². The van der Waals surface area contributed by atoms with Crippen LogP contribution < -0.4 is 4.74 Å². The van der Waals surface area contributed by atoms with Gasteiger partial charge in [-0.3, -0.25) is 14.8 Å². The van der Waals surface area contributed by atoms with Crippen LogP contribution in [0.1, 0.15) is 17.0 Å². The summed E-state index contributed by atoms with van der Waals surface area (Å²) in [5.74, 6) is 0.579. The van der Waals surface area contributed by atoms with Crippen LogP contribution in [0, 0.1) is 35.3 Å². The molecule has 1 aromatic heterocycles. The highest BCUT2D eigenvalue weighted by Crippen LogP contribution is 2.22. The minimum absolute atomic E-state index is 0.0313. The van der Waals surface area contributed by atoms with Gasteiger partial charge in [-0.2, -0.15) is 10.4 Å². The van der Waals surface area contributed by atoms with Crippen molar-refractivity contribution in [2.24, 2.45) is 0 Å². The molecule has 0 saturated carbocycles. The van der Waals surface area contributed by atoms with Crippen LogP contribution in [0.25, 0.3) is 0 Å². The zero-order chi connectivity index (χ0) is 17.7. The van der Waals surface area contributed by atoms with Crippen LogP contribution in [-0.2, 0) is 13.0 Å². The van der Waals surface area contributed by atoms with Crippen molar-refractivity contribution in [3.05, 3.63) is 51.3 Å². The van der Waals surface area contributed by atoms with Crippen LogP contribution in [0.15, 0.2) is 24.3 Å². The highest BCUT2D eigenvalue weighted by Gasteiger charge is 2.22. The summed E-state index contributed by atoms with van der Waals surface area (Å²) in [6, 6.07) is 9.10. The van der Waals surface area contributed by atoms with Crippen LogP contribution in [-0.4, -0.2) is 32.5 Å². The molecular weight excluding hydrogens is 312 g/mol. The van der Waals surface area contributed by atoms with E-state index in [1.54, 1.807) is 38.1 Å². The van der Waals surface area contributed by atoms with Gasteiger partial charge in [-0.15, -0.1) is 0 Å². The van der Waals surface area contributed by atoms with Gasteiger partial charge in [-0.1, -0.05) is 12.1 Å². The van der Waals surface area contributed by atoms with Gasteiger partial charge in [0.05, 0.1) is 24.0 Å². The van der Waals surface area contributed by atoms with E-state index in [4.69, 9.17) is 10.00 Å². The summed E-state index contributed by atoms with van der Waals surface area (Å²) in [4.78, 5) is 10.5. The summed E-state index contributed by atoms with van der Waals surface area (Å²) < 4.78 is 6.90. The van der Waals surface area contributed by atoms with E-state index in [2.05, 4.69) is 11.2 Å². The number of aliphatic hydroxyl groups excluding tert-OH is 1. The molecule has 1 N–H and O–H groups in total. The lowest BCUT2D eigenvalue weighted by Crippen LogP contribution is -2.24. The number of nitrogens with zero attached hydrogens (tertiary/aromatic N) is 4. The van der Waals surface area contributed by atoms with Crippen LogP contribution in [0.3, 0.4) is 0 Å². The van der Waals surface area contributed by atoms with Crippen LogP contribution >= 0.6 is 0 Å². The number of ether oxygens (including phenoxy) is 1. The molecule has 0 aliphatic heterocycles. The molecule has 0 bridgehead atoms. The number of aromatic nitrogens is 2. The maximum atomic E-state index is 11.0. The van der Waals surface area contributed by atoms with E-state index >= 15 is 0 Å². The number of hydrogen-bond acceptors (Lipinski definition) is 6. The standard InChI is InChI=1S/C16H18N4O4/c1-11-16(20(22)23)12(2)19(18-11)9-14(21)10-24-15-5-3-13(4-6-15)7-8-17/h3-6,14,21H,7,9-10H2,1-2H3. The van der Waals surface area contributed by atoms with Gasteiger partial charge in [0.15, 0.2) is 0 Å². The molecule has 1 heterocycles. The second-order valence-corrected chi connectivity index (χ2v) is 5.40. The molecule has 0 aliphatic carbocycles. The Hall–Kier alpha value is -2.92. The summed E-state index contributed by atoms with van der Waals surface area (Å²) in [6.07, 6.45) is -0.527. The van der Waals surface area contributed by atoms with Crippen LogP contribution in [0.4, 0.5) is 5.69 Å². The Kier molecular flexibility index (Phi) is 5.50. The Morgan fingerprint density at radius 2 is 2.08 bits per heavy atom. The lowest BCUT2D eigenvalue weighted by Gasteiger charge is -2.13. The van der Waals surface area contributed by atoms with Crippen molar-refractivity contribution in [3.63, 3.8) is 0 Å². The molecule has 1 atom stereocenters. The quantitative estimate of drug-likeness (QED) is 0.612. The largest absolute Gasteiger partial charge is 0.491 e. The maximum absolute atomic E-state index is 11.0. The van der Waals surface area contributed by atoms with Gasteiger partial charge < -0.3 is 9.84 Å². The van der Waals surface area contributed by atoms with Gasteiger partial charge in [0, 0.05) is 0 Å². The molecule has 0 aliphatic rings. The predicted octanol–water partition coefficient (Wildman–Crippen LogP) is 1.91. The van der Waals surface area contributed by atoms with E-state index in [1.807, 2.05) is 0 Å². The van der Waals surface area contributed by atoms with Crippen LogP contribution in [0.2, 0.25) is 0 Å². The molecule has 0 saturated heterocycles. The summed E-state index contributed by atoms with van der Waals surface area (Å²) in [6.45, 7) is 3.30. The molecule has 0 fully saturated rings. The number of nitro groups is 1. The van der Waals surface area contributed by atoms with Gasteiger partial charge in [0.1, 0.15) is 29.8 Å². The third-order valence-corrected chi connectivity index (χ3v) is 3.56. The molecule has 1 unspecified atom stereocenters. The van der Waals surface area contributed by atoms with Crippen LogP contribution in [0.5, 0.6) is 5.75 Å². The first-order valence-corrected chi connectivity index (χ1v) is 7.37. The van der Waals surface area contributed by atoms with Crippen molar-refractivity contribution in [2.45, 2.75) is 32.9 Å². The fourth-order valence-electron chi connectivity index (χ4n) is 2.37. The van der Waals surface area contributed by atoms with Gasteiger partial charge in [-0.05, 0) is 31.5 Å². The molecule has 0 spiro atoms. The van der Waals surface area contributed by atoms with Crippen molar-refractivity contribution in [1.82, 2.24) is 9.78 Å². The second-order valence-electron chi connectivity index (χ2n) is 5.40. The summed E-state index contributed by atoms with van der Waals surface area (Å²) in [5, 5.41) is 33.7. The molecule has 1 aromatic carbocycles. The van der Waals surface area contributed by atoms with Gasteiger partial charge >= 0.3 is 5.69 Å². The number of aliphatic hydroxyl groups is 1. The first-order chi connectivity index (χ1) is 11.4. The average molecular weight is 330 g/mol. The van der Waals surface area contributed by atoms with E-state index in [1.165, 1.54) is 4.68 Å². The second kappa shape index (κ2) is 7.57. The number of nitriles is 1. The smallest absolute Gasteiger partial charge is 0.312 e. The predicted molar refractivity (Wildman–Crippen MR) is 85.6 cm³/mol. The molecule has 0 radical (unpaired) electrons. The zero-order valence-corrected chi connectivity index (χ0v) is 13.5. The normalized spacial score (nSPS) is 11.8. The van der Waals surface area contributed by atoms with Gasteiger partial charge in [-0.25, -0.2) is 0 Å². The molecule has 0 amide bonds. The topological polar surface area (TPSA) is 114 Å². The summed E-state index contributed by atoms with van der Waals surface area (Å²) in [7, 11) is 0. The first-order valence-electron chi connectivity index (χ1n) is 7.37. The number of benzene rings is 1. The first kappa shape index (κ1) is 17.4. The fourth-order valence-corrected chi connectivity index (χ4v) is 2.37. The monoisotopic (exact) mass is 330 g/mol.